The van der Waals surface area contributed by atoms with Crippen LogP contribution in [0, 0.1) is 17.6 Å². The molecule has 0 spiro atoms. The molecule has 1 aromatic carbocycles. The predicted molar refractivity (Wildman–Crippen MR) is 57.8 cm³/mol. The number of rotatable bonds is 2. The Balaban J connectivity index is 2.16. The lowest BCUT2D eigenvalue weighted by atomic mass is 9.86. The molecular weight excluding hydrogens is 210 g/mol. The summed E-state index contributed by atoms with van der Waals surface area (Å²) in [6, 6.07) is 3.59. The molecule has 2 rings (SSSR count). The molecule has 0 heterocycles. The average molecular weight is 224 g/mol. The van der Waals surface area contributed by atoms with Crippen LogP contribution < -0.4 is 0 Å². The second-order valence-electron chi connectivity index (χ2n) is 4.16. The molecule has 0 saturated carbocycles. The summed E-state index contributed by atoms with van der Waals surface area (Å²) in [6.07, 6.45) is 6.01. The van der Waals surface area contributed by atoms with E-state index in [2.05, 4.69) is 6.08 Å². The fourth-order valence-electron chi connectivity index (χ4n) is 2.07. The Morgan fingerprint density at radius 2 is 2.00 bits per heavy atom. The van der Waals surface area contributed by atoms with Crippen LogP contribution in [0.25, 0.3) is 0 Å². The van der Waals surface area contributed by atoms with Gasteiger partial charge >= 0.3 is 0 Å². The number of allylic oxidation sites excluding steroid dienone is 2. The summed E-state index contributed by atoms with van der Waals surface area (Å²) in [5.41, 5.74) is 0.458. The van der Waals surface area contributed by atoms with Gasteiger partial charge in [-0.2, -0.15) is 0 Å². The molecule has 0 radical (unpaired) electrons. The maximum absolute atomic E-state index is 13.0. The smallest absolute Gasteiger partial charge is 0.159 e. The molecule has 1 aliphatic rings. The number of aliphatic hydroxyl groups excluding tert-OH is 1. The van der Waals surface area contributed by atoms with E-state index in [1.165, 1.54) is 6.07 Å². The number of hydrogen-bond donors (Lipinski definition) is 1. The summed E-state index contributed by atoms with van der Waals surface area (Å²) in [4.78, 5) is 0. The van der Waals surface area contributed by atoms with E-state index < -0.39 is 17.7 Å². The first-order valence-electron chi connectivity index (χ1n) is 5.46. The molecule has 16 heavy (non-hydrogen) atoms. The van der Waals surface area contributed by atoms with E-state index in [1.807, 2.05) is 6.08 Å². The van der Waals surface area contributed by atoms with Gasteiger partial charge in [-0.25, -0.2) is 8.78 Å². The summed E-state index contributed by atoms with van der Waals surface area (Å²) < 4.78 is 25.7. The van der Waals surface area contributed by atoms with Crippen LogP contribution in [-0.4, -0.2) is 5.11 Å². The molecule has 2 unspecified atom stereocenters. The molecule has 86 valence electrons. The highest BCUT2D eigenvalue weighted by Gasteiger charge is 2.21. The van der Waals surface area contributed by atoms with Gasteiger partial charge in [0, 0.05) is 0 Å². The van der Waals surface area contributed by atoms with Crippen LogP contribution in [0.3, 0.4) is 0 Å². The molecule has 0 aromatic heterocycles. The lowest BCUT2D eigenvalue weighted by Gasteiger charge is -2.24. The average Bonchev–Trinajstić information content (AvgIpc) is 2.33. The number of hydrogen-bond acceptors (Lipinski definition) is 1. The van der Waals surface area contributed by atoms with Crippen LogP contribution in [0.5, 0.6) is 0 Å². The summed E-state index contributed by atoms with van der Waals surface area (Å²) >= 11 is 0. The highest BCUT2D eigenvalue weighted by molar-refractivity contribution is 5.21. The summed E-state index contributed by atoms with van der Waals surface area (Å²) in [6.45, 7) is 0. The molecule has 3 heteroatoms. The van der Waals surface area contributed by atoms with E-state index in [0.717, 1.165) is 31.4 Å². The van der Waals surface area contributed by atoms with Crippen molar-refractivity contribution in [3.8, 4) is 0 Å². The quantitative estimate of drug-likeness (QED) is 0.764. The van der Waals surface area contributed by atoms with Crippen LogP contribution in [0.1, 0.15) is 30.9 Å². The van der Waals surface area contributed by atoms with Crippen molar-refractivity contribution >= 4 is 0 Å². The second kappa shape index (κ2) is 4.74. The fourth-order valence-corrected chi connectivity index (χ4v) is 2.07. The third-order valence-electron chi connectivity index (χ3n) is 3.04. The maximum Gasteiger partial charge on any atom is 0.159 e. The first kappa shape index (κ1) is 11.3. The lowest BCUT2D eigenvalue weighted by Crippen LogP contribution is -2.14. The van der Waals surface area contributed by atoms with Gasteiger partial charge in [-0.05, 0) is 42.9 Å². The van der Waals surface area contributed by atoms with Crippen LogP contribution in [0.15, 0.2) is 30.4 Å². The molecule has 0 amide bonds. The van der Waals surface area contributed by atoms with E-state index in [0.29, 0.717) is 5.56 Å². The first-order chi connectivity index (χ1) is 7.68. The highest BCUT2D eigenvalue weighted by Crippen LogP contribution is 2.31. The van der Waals surface area contributed by atoms with Gasteiger partial charge in [0.2, 0.25) is 0 Å². The third-order valence-corrected chi connectivity index (χ3v) is 3.04. The first-order valence-corrected chi connectivity index (χ1v) is 5.46. The van der Waals surface area contributed by atoms with Crippen LogP contribution in [-0.2, 0) is 0 Å². The SMILES string of the molecule is OC(c1ccc(F)c(F)c1)C1CC=CCC1. The highest BCUT2D eigenvalue weighted by atomic mass is 19.2. The van der Waals surface area contributed by atoms with E-state index in [4.69, 9.17) is 0 Å². The van der Waals surface area contributed by atoms with Gasteiger partial charge in [-0.15, -0.1) is 0 Å². The van der Waals surface area contributed by atoms with Gasteiger partial charge < -0.3 is 5.11 Å². The molecule has 1 N–H and O–H groups in total. The lowest BCUT2D eigenvalue weighted by molar-refractivity contribution is 0.102. The van der Waals surface area contributed by atoms with E-state index in [9.17, 15) is 13.9 Å². The van der Waals surface area contributed by atoms with E-state index in [1.54, 1.807) is 0 Å². The standard InChI is InChI=1S/C13H14F2O/c14-11-7-6-10(8-12(11)15)13(16)9-4-2-1-3-5-9/h1-2,6-9,13,16H,3-5H2. The third kappa shape index (κ3) is 2.30. The van der Waals surface area contributed by atoms with Gasteiger partial charge in [-0.1, -0.05) is 18.2 Å². The molecule has 0 aliphatic heterocycles. The minimum Gasteiger partial charge on any atom is -0.388 e. The van der Waals surface area contributed by atoms with Gasteiger partial charge in [-0.3, -0.25) is 0 Å². The van der Waals surface area contributed by atoms with Gasteiger partial charge in [0.15, 0.2) is 11.6 Å². The van der Waals surface area contributed by atoms with Crippen molar-refractivity contribution < 1.29 is 13.9 Å². The van der Waals surface area contributed by atoms with Crippen molar-refractivity contribution in [1.82, 2.24) is 0 Å². The normalized spacial score (nSPS) is 22.1. The van der Waals surface area contributed by atoms with Crippen molar-refractivity contribution in [2.45, 2.75) is 25.4 Å². The summed E-state index contributed by atoms with van der Waals surface area (Å²) in [7, 11) is 0. The van der Waals surface area contributed by atoms with Crippen molar-refractivity contribution in [2.24, 2.45) is 5.92 Å². The van der Waals surface area contributed by atoms with Crippen LogP contribution >= 0.6 is 0 Å². The Hall–Kier alpha value is -1.22. The molecule has 1 aliphatic carbocycles. The zero-order valence-electron chi connectivity index (χ0n) is 8.87. The van der Waals surface area contributed by atoms with Gasteiger partial charge in [0.25, 0.3) is 0 Å². The second-order valence-corrected chi connectivity index (χ2v) is 4.16. The van der Waals surface area contributed by atoms with Gasteiger partial charge in [0.05, 0.1) is 6.10 Å². The van der Waals surface area contributed by atoms with E-state index in [-0.39, 0.29) is 5.92 Å². The molecule has 2 atom stereocenters. The number of benzene rings is 1. The Morgan fingerprint density at radius 1 is 1.19 bits per heavy atom. The predicted octanol–water partition coefficient (Wildman–Crippen LogP) is 3.35. The fraction of sp³-hybridized carbons (Fsp3) is 0.385. The molecule has 1 nitrogen and oxygen atoms in total. The zero-order chi connectivity index (χ0) is 11.5. The van der Waals surface area contributed by atoms with Crippen LogP contribution in [0.4, 0.5) is 8.78 Å². The van der Waals surface area contributed by atoms with Crippen LogP contribution in [0.2, 0.25) is 0 Å². The largest absolute Gasteiger partial charge is 0.388 e. The topological polar surface area (TPSA) is 20.2 Å². The minimum absolute atomic E-state index is 0.106. The Bertz CT molecular complexity index is 401. The maximum atomic E-state index is 13.0. The van der Waals surface area contributed by atoms with Crippen molar-refractivity contribution in [3.05, 3.63) is 47.5 Å². The minimum atomic E-state index is -0.900. The van der Waals surface area contributed by atoms with Crippen molar-refractivity contribution in [2.75, 3.05) is 0 Å². The monoisotopic (exact) mass is 224 g/mol. The molecule has 0 fully saturated rings. The van der Waals surface area contributed by atoms with Gasteiger partial charge in [0.1, 0.15) is 0 Å². The van der Waals surface area contributed by atoms with E-state index >= 15 is 0 Å². The Kier molecular flexibility index (Phi) is 3.34. The van der Waals surface area contributed by atoms with Crippen molar-refractivity contribution in [3.63, 3.8) is 0 Å². The summed E-state index contributed by atoms with van der Waals surface area (Å²) in [5.74, 6) is -1.67. The van der Waals surface area contributed by atoms with Crippen molar-refractivity contribution in [1.29, 1.82) is 0 Å². The number of aliphatic hydroxyl groups is 1. The molecule has 0 saturated heterocycles. The number of halogens is 2. The zero-order valence-corrected chi connectivity index (χ0v) is 8.87. The molecular formula is C13H14F2O. The Labute approximate surface area is 93.4 Å². The molecule has 1 aromatic rings. The molecule has 0 bridgehead atoms. The Morgan fingerprint density at radius 3 is 2.62 bits per heavy atom. The summed E-state index contributed by atoms with van der Waals surface area (Å²) in [5, 5.41) is 10.0.